The molecule has 2 rings (SSSR count). The predicted octanol–water partition coefficient (Wildman–Crippen LogP) is 2.47. The average Bonchev–Trinajstić information content (AvgIpc) is 2.39. The van der Waals surface area contributed by atoms with Crippen molar-refractivity contribution in [1.82, 2.24) is 9.97 Å². The molecule has 1 unspecified atom stereocenters. The quantitative estimate of drug-likeness (QED) is 0.946. The SMILES string of the molecule is COc1nccnc1C(C)(N)c1ccc(Br)cc1. The van der Waals surface area contributed by atoms with E-state index in [0.29, 0.717) is 11.6 Å². The largest absolute Gasteiger partial charge is 0.480 e. The predicted molar refractivity (Wildman–Crippen MR) is 73.4 cm³/mol. The summed E-state index contributed by atoms with van der Waals surface area (Å²) in [6, 6.07) is 7.81. The van der Waals surface area contributed by atoms with Crippen LogP contribution in [0.1, 0.15) is 18.2 Å². The molecule has 1 atom stereocenters. The number of nitrogens with two attached hydrogens (primary N) is 1. The highest BCUT2D eigenvalue weighted by molar-refractivity contribution is 9.10. The van der Waals surface area contributed by atoms with Gasteiger partial charge in [0.25, 0.3) is 0 Å². The number of hydrogen-bond donors (Lipinski definition) is 1. The molecule has 1 heterocycles. The van der Waals surface area contributed by atoms with E-state index in [9.17, 15) is 0 Å². The maximum Gasteiger partial charge on any atom is 0.237 e. The summed E-state index contributed by atoms with van der Waals surface area (Å²) in [5, 5.41) is 0. The lowest BCUT2D eigenvalue weighted by molar-refractivity contribution is 0.376. The van der Waals surface area contributed by atoms with Crippen molar-refractivity contribution >= 4 is 15.9 Å². The van der Waals surface area contributed by atoms with Crippen LogP contribution in [0.5, 0.6) is 5.88 Å². The molecule has 94 valence electrons. The highest BCUT2D eigenvalue weighted by atomic mass is 79.9. The van der Waals surface area contributed by atoms with E-state index < -0.39 is 5.54 Å². The summed E-state index contributed by atoms with van der Waals surface area (Å²) in [4.78, 5) is 8.43. The summed E-state index contributed by atoms with van der Waals surface area (Å²) >= 11 is 3.40. The molecule has 5 heteroatoms. The van der Waals surface area contributed by atoms with Crippen molar-refractivity contribution in [3.05, 3.63) is 52.4 Å². The Morgan fingerprint density at radius 1 is 1.17 bits per heavy atom. The van der Waals surface area contributed by atoms with E-state index >= 15 is 0 Å². The maximum absolute atomic E-state index is 6.39. The lowest BCUT2D eigenvalue weighted by Crippen LogP contribution is -2.36. The minimum Gasteiger partial charge on any atom is -0.480 e. The van der Waals surface area contributed by atoms with Gasteiger partial charge in [-0.05, 0) is 24.6 Å². The number of methoxy groups -OCH3 is 1. The summed E-state index contributed by atoms with van der Waals surface area (Å²) in [5.41, 5.74) is 7.21. The Balaban J connectivity index is 2.50. The third-order valence-electron chi connectivity index (χ3n) is 2.79. The molecule has 0 saturated heterocycles. The highest BCUT2D eigenvalue weighted by Gasteiger charge is 2.29. The van der Waals surface area contributed by atoms with Crippen molar-refractivity contribution in [2.75, 3.05) is 7.11 Å². The Morgan fingerprint density at radius 2 is 1.78 bits per heavy atom. The van der Waals surface area contributed by atoms with Gasteiger partial charge >= 0.3 is 0 Å². The van der Waals surface area contributed by atoms with E-state index in [1.807, 2.05) is 31.2 Å². The first-order valence-corrected chi connectivity index (χ1v) is 6.25. The smallest absolute Gasteiger partial charge is 0.237 e. The molecular weight excluding hydrogens is 294 g/mol. The van der Waals surface area contributed by atoms with Crippen LogP contribution in [0.25, 0.3) is 0 Å². The third kappa shape index (κ3) is 2.37. The molecule has 1 aromatic heterocycles. The van der Waals surface area contributed by atoms with Gasteiger partial charge in [-0.3, -0.25) is 4.98 Å². The van der Waals surface area contributed by atoms with Crippen molar-refractivity contribution in [2.24, 2.45) is 5.73 Å². The van der Waals surface area contributed by atoms with E-state index in [0.717, 1.165) is 10.0 Å². The molecule has 0 aliphatic rings. The summed E-state index contributed by atoms with van der Waals surface area (Å²) in [6.45, 7) is 1.89. The number of nitrogens with zero attached hydrogens (tertiary/aromatic N) is 2. The van der Waals surface area contributed by atoms with Crippen molar-refractivity contribution in [3.8, 4) is 5.88 Å². The Morgan fingerprint density at radius 3 is 2.39 bits per heavy atom. The minimum absolute atomic E-state index is 0.449. The molecule has 18 heavy (non-hydrogen) atoms. The van der Waals surface area contributed by atoms with Crippen LogP contribution in [0.15, 0.2) is 41.1 Å². The van der Waals surface area contributed by atoms with Gasteiger partial charge < -0.3 is 10.5 Å². The van der Waals surface area contributed by atoms with Gasteiger partial charge in [-0.1, -0.05) is 28.1 Å². The molecule has 0 fully saturated rings. The second-order valence-electron chi connectivity index (χ2n) is 4.12. The zero-order valence-corrected chi connectivity index (χ0v) is 11.8. The molecule has 2 N–H and O–H groups in total. The number of benzene rings is 1. The van der Waals surface area contributed by atoms with Gasteiger partial charge in [-0.2, -0.15) is 0 Å². The number of rotatable bonds is 3. The standard InChI is InChI=1S/C13H14BrN3O/c1-13(15,9-3-5-10(14)6-4-9)11-12(18-2)17-8-7-16-11/h3-8H,15H2,1-2H3. The van der Waals surface area contributed by atoms with E-state index in [1.54, 1.807) is 19.5 Å². The molecule has 2 aromatic rings. The van der Waals surface area contributed by atoms with E-state index in [4.69, 9.17) is 10.5 Å². The Labute approximate surface area is 114 Å². The van der Waals surface area contributed by atoms with Gasteiger partial charge in [-0.25, -0.2) is 4.98 Å². The molecule has 1 aromatic carbocycles. The van der Waals surface area contributed by atoms with E-state index in [2.05, 4.69) is 25.9 Å². The summed E-state index contributed by atoms with van der Waals surface area (Å²) in [5.74, 6) is 0.449. The first-order valence-electron chi connectivity index (χ1n) is 5.46. The molecule has 0 aliphatic heterocycles. The lowest BCUT2D eigenvalue weighted by Gasteiger charge is -2.25. The van der Waals surface area contributed by atoms with Crippen molar-refractivity contribution in [3.63, 3.8) is 0 Å². The molecular formula is C13H14BrN3O. The Bertz CT molecular complexity index is 540. The monoisotopic (exact) mass is 307 g/mol. The number of halogens is 1. The van der Waals surface area contributed by atoms with Crippen LogP contribution in [-0.4, -0.2) is 17.1 Å². The fourth-order valence-electron chi connectivity index (χ4n) is 1.76. The Hall–Kier alpha value is -1.46. The van der Waals surface area contributed by atoms with Crippen LogP contribution in [0, 0.1) is 0 Å². The first-order chi connectivity index (χ1) is 8.55. The van der Waals surface area contributed by atoms with Gasteiger partial charge in [0.15, 0.2) is 0 Å². The average molecular weight is 308 g/mol. The Kier molecular flexibility index (Phi) is 3.63. The van der Waals surface area contributed by atoms with Crippen LogP contribution < -0.4 is 10.5 Å². The zero-order valence-electron chi connectivity index (χ0n) is 10.2. The maximum atomic E-state index is 6.39. The van der Waals surface area contributed by atoms with Gasteiger partial charge in [0.1, 0.15) is 5.69 Å². The second-order valence-corrected chi connectivity index (χ2v) is 5.04. The van der Waals surface area contributed by atoms with Crippen LogP contribution in [0.2, 0.25) is 0 Å². The van der Waals surface area contributed by atoms with Gasteiger partial charge in [0.05, 0.1) is 12.6 Å². The molecule has 0 amide bonds. The van der Waals surface area contributed by atoms with Crippen LogP contribution in [-0.2, 0) is 5.54 Å². The summed E-state index contributed by atoms with van der Waals surface area (Å²) < 4.78 is 6.22. The number of hydrogen-bond acceptors (Lipinski definition) is 4. The van der Waals surface area contributed by atoms with E-state index in [1.165, 1.54) is 0 Å². The molecule has 4 nitrogen and oxygen atoms in total. The molecule has 0 aliphatic carbocycles. The minimum atomic E-state index is -0.750. The fraction of sp³-hybridized carbons (Fsp3) is 0.231. The van der Waals surface area contributed by atoms with Crippen molar-refractivity contribution in [2.45, 2.75) is 12.5 Å². The fourth-order valence-corrected chi connectivity index (χ4v) is 2.03. The topological polar surface area (TPSA) is 61.0 Å². The van der Waals surface area contributed by atoms with Gasteiger partial charge in [0, 0.05) is 16.9 Å². The van der Waals surface area contributed by atoms with Crippen LogP contribution in [0.3, 0.4) is 0 Å². The van der Waals surface area contributed by atoms with Crippen molar-refractivity contribution < 1.29 is 4.74 Å². The summed E-state index contributed by atoms with van der Waals surface area (Å²) in [7, 11) is 1.56. The highest BCUT2D eigenvalue weighted by Crippen LogP contribution is 2.30. The zero-order chi connectivity index (χ0) is 13.2. The van der Waals surface area contributed by atoms with E-state index in [-0.39, 0.29) is 0 Å². The van der Waals surface area contributed by atoms with Crippen LogP contribution >= 0.6 is 15.9 Å². The summed E-state index contributed by atoms with van der Waals surface area (Å²) in [6.07, 6.45) is 3.20. The molecule has 0 spiro atoms. The van der Waals surface area contributed by atoms with Crippen LogP contribution in [0.4, 0.5) is 0 Å². The van der Waals surface area contributed by atoms with Gasteiger partial charge in [0.2, 0.25) is 5.88 Å². The third-order valence-corrected chi connectivity index (χ3v) is 3.32. The van der Waals surface area contributed by atoms with Crippen molar-refractivity contribution in [1.29, 1.82) is 0 Å². The number of ether oxygens (including phenoxy) is 1. The first kappa shape index (κ1) is 13.0. The lowest BCUT2D eigenvalue weighted by atomic mass is 9.89. The second kappa shape index (κ2) is 5.04. The number of aromatic nitrogens is 2. The normalized spacial score (nSPS) is 14.0. The molecule has 0 saturated carbocycles. The van der Waals surface area contributed by atoms with Gasteiger partial charge in [-0.15, -0.1) is 0 Å². The molecule has 0 bridgehead atoms. The molecule has 0 radical (unpaired) electrons.